The highest BCUT2D eigenvalue weighted by Gasteiger charge is 2.30. The van der Waals surface area contributed by atoms with Crippen LogP contribution < -0.4 is 14.2 Å². The number of hydrogen-bond acceptors (Lipinski definition) is 6. The van der Waals surface area contributed by atoms with Gasteiger partial charge in [-0.1, -0.05) is 48.5 Å². The lowest BCUT2D eigenvalue weighted by Crippen LogP contribution is -2.21. The summed E-state index contributed by atoms with van der Waals surface area (Å²) in [5.41, 5.74) is 1.82. The second-order valence-electron chi connectivity index (χ2n) is 7.00. The van der Waals surface area contributed by atoms with E-state index in [4.69, 9.17) is 18.9 Å². The van der Waals surface area contributed by atoms with Gasteiger partial charge in [-0.25, -0.2) is 4.79 Å². The maximum absolute atomic E-state index is 12.8. The Labute approximate surface area is 186 Å². The van der Waals surface area contributed by atoms with Gasteiger partial charge < -0.3 is 18.9 Å². The number of ketones is 1. The van der Waals surface area contributed by atoms with Crippen LogP contribution >= 0.6 is 0 Å². The normalized spacial score (nSPS) is 14.4. The Balaban J connectivity index is 1.60. The molecule has 32 heavy (non-hydrogen) atoms. The van der Waals surface area contributed by atoms with E-state index < -0.39 is 12.1 Å². The average molecular weight is 430 g/mol. The first-order valence-corrected chi connectivity index (χ1v) is 10.2. The van der Waals surface area contributed by atoms with E-state index >= 15 is 0 Å². The van der Waals surface area contributed by atoms with Crippen LogP contribution in [-0.4, -0.2) is 25.5 Å². The Morgan fingerprint density at radius 2 is 1.78 bits per heavy atom. The average Bonchev–Trinajstić information content (AvgIpc) is 3.13. The number of methoxy groups -OCH3 is 1. The van der Waals surface area contributed by atoms with E-state index in [1.807, 2.05) is 42.5 Å². The van der Waals surface area contributed by atoms with Crippen molar-refractivity contribution in [3.05, 3.63) is 95.2 Å². The van der Waals surface area contributed by atoms with Crippen LogP contribution in [0.1, 0.15) is 34.5 Å². The molecule has 0 bridgehead atoms. The molecule has 6 nitrogen and oxygen atoms in total. The number of allylic oxidation sites excluding steroid dienone is 1. The summed E-state index contributed by atoms with van der Waals surface area (Å²) in [6, 6.07) is 21.3. The fraction of sp³-hybridized carbons (Fsp3) is 0.154. The maximum atomic E-state index is 12.8. The number of esters is 1. The smallest absolute Gasteiger partial charge is 0.352 e. The quantitative estimate of drug-likeness (QED) is 0.388. The molecule has 0 radical (unpaired) electrons. The van der Waals surface area contributed by atoms with E-state index in [9.17, 15) is 9.59 Å². The zero-order valence-corrected chi connectivity index (χ0v) is 17.7. The summed E-state index contributed by atoms with van der Waals surface area (Å²) in [6.45, 7) is 1.98. The molecule has 1 atom stereocenters. The zero-order valence-electron chi connectivity index (χ0n) is 17.7. The molecule has 3 aromatic rings. The number of benzene rings is 3. The molecule has 0 aliphatic carbocycles. The van der Waals surface area contributed by atoms with Crippen molar-refractivity contribution in [1.82, 2.24) is 0 Å². The number of carbonyl (C=O) groups excluding carboxylic acids is 2. The Morgan fingerprint density at radius 3 is 2.53 bits per heavy atom. The van der Waals surface area contributed by atoms with E-state index in [1.165, 1.54) is 0 Å². The van der Waals surface area contributed by atoms with Crippen LogP contribution in [0.25, 0.3) is 6.08 Å². The lowest BCUT2D eigenvalue weighted by atomic mass is 10.1. The Bertz CT molecular complexity index is 1170. The molecule has 0 N–H and O–H groups in total. The van der Waals surface area contributed by atoms with Crippen molar-refractivity contribution in [2.24, 2.45) is 0 Å². The van der Waals surface area contributed by atoms with Gasteiger partial charge in [0.1, 0.15) is 17.2 Å². The molecule has 0 saturated carbocycles. The minimum absolute atomic E-state index is 0.187. The second kappa shape index (κ2) is 9.39. The molecule has 162 valence electrons. The zero-order chi connectivity index (χ0) is 22.5. The third-order valence-electron chi connectivity index (χ3n) is 4.92. The van der Waals surface area contributed by atoms with E-state index in [0.717, 1.165) is 5.56 Å². The molecule has 6 heteroatoms. The summed E-state index contributed by atoms with van der Waals surface area (Å²) in [5.74, 6) is 0.847. The highest BCUT2D eigenvalue weighted by atomic mass is 16.6. The topological polar surface area (TPSA) is 71.1 Å². The first-order valence-electron chi connectivity index (χ1n) is 10.2. The van der Waals surface area contributed by atoms with Crippen LogP contribution in [0.2, 0.25) is 0 Å². The van der Waals surface area contributed by atoms with Gasteiger partial charge in [-0.15, -0.1) is 0 Å². The minimum Gasteiger partial charge on any atom is -0.496 e. The van der Waals surface area contributed by atoms with Crippen molar-refractivity contribution in [1.29, 1.82) is 0 Å². The highest BCUT2D eigenvalue weighted by Crippen LogP contribution is 2.37. The third-order valence-corrected chi connectivity index (χ3v) is 4.92. The fourth-order valence-corrected chi connectivity index (χ4v) is 3.40. The van der Waals surface area contributed by atoms with Crippen LogP contribution in [0.5, 0.6) is 17.2 Å². The number of Topliss-reactive ketones (excluding diaryl/α,β-unsaturated/α-hetero) is 1. The Morgan fingerprint density at radius 1 is 1.03 bits per heavy atom. The Hall–Kier alpha value is -4.06. The SMILES string of the molecule is CCOC(=O)C(Oc1ccc2c(c1)O/C(=C\c1ccccc1OC)C2=O)c1ccccc1. The van der Waals surface area contributed by atoms with Crippen molar-refractivity contribution in [3.8, 4) is 17.2 Å². The van der Waals surface area contributed by atoms with Gasteiger partial charge in [0.25, 0.3) is 0 Å². The third kappa shape index (κ3) is 4.34. The molecule has 1 aliphatic rings. The molecule has 4 rings (SSSR count). The molecule has 0 fully saturated rings. The van der Waals surface area contributed by atoms with E-state index in [0.29, 0.717) is 28.4 Å². The highest BCUT2D eigenvalue weighted by molar-refractivity contribution is 6.14. The molecule has 0 spiro atoms. The number of hydrogen-bond donors (Lipinski definition) is 0. The fourth-order valence-electron chi connectivity index (χ4n) is 3.40. The van der Waals surface area contributed by atoms with Crippen molar-refractivity contribution in [2.75, 3.05) is 13.7 Å². The van der Waals surface area contributed by atoms with E-state index in [2.05, 4.69) is 0 Å². The lowest BCUT2D eigenvalue weighted by molar-refractivity contribution is -0.151. The van der Waals surface area contributed by atoms with Crippen molar-refractivity contribution >= 4 is 17.8 Å². The van der Waals surface area contributed by atoms with Crippen LogP contribution in [0.15, 0.2) is 78.6 Å². The van der Waals surface area contributed by atoms with Gasteiger partial charge >= 0.3 is 5.97 Å². The second-order valence-corrected chi connectivity index (χ2v) is 7.00. The first-order chi connectivity index (χ1) is 15.6. The summed E-state index contributed by atoms with van der Waals surface area (Å²) < 4.78 is 22.3. The predicted molar refractivity (Wildman–Crippen MR) is 119 cm³/mol. The van der Waals surface area contributed by atoms with E-state index in [-0.39, 0.29) is 18.1 Å². The Kier molecular flexibility index (Phi) is 6.22. The van der Waals surface area contributed by atoms with Gasteiger partial charge in [-0.2, -0.15) is 0 Å². The molecular formula is C26H22O6. The van der Waals surface area contributed by atoms with Gasteiger partial charge in [-0.3, -0.25) is 4.79 Å². The number of fused-ring (bicyclic) bond motifs is 1. The molecule has 3 aromatic carbocycles. The van der Waals surface area contributed by atoms with Crippen LogP contribution in [0.3, 0.4) is 0 Å². The van der Waals surface area contributed by atoms with Gasteiger partial charge in [-0.05, 0) is 31.2 Å². The van der Waals surface area contributed by atoms with Gasteiger partial charge in [0.05, 0.1) is 19.3 Å². The molecule has 0 aromatic heterocycles. The van der Waals surface area contributed by atoms with E-state index in [1.54, 1.807) is 50.4 Å². The number of carbonyl (C=O) groups is 2. The molecule has 1 aliphatic heterocycles. The van der Waals surface area contributed by atoms with Gasteiger partial charge in [0.15, 0.2) is 5.76 Å². The lowest BCUT2D eigenvalue weighted by Gasteiger charge is -2.18. The number of para-hydroxylation sites is 1. The predicted octanol–water partition coefficient (Wildman–Crippen LogP) is 4.99. The molecule has 0 amide bonds. The van der Waals surface area contributed by atoms with Gasteiger partial charge in [0, 0.05) is 17.2 Å². The van der Waals surface area contributed by atoms with Crippen LogP contribution in [0.4, 0.5) is 0 Å². The number of rotatable bonds is 7. The standard InChI is InChI=1S/C26H22O6/c1-3-30-26(28)25(17-9-5-4-6-10-17)31-19-13-14-20-22(16-19)32-23(24(20)27)15-18-11-7-8-12-21(18)29-2/h4-16,25H,3H2,1-2H3/b23-15-. The summed E-state index contributed by atoms with van der Waals surface area (Å²) in [5, 5.41) is 0. The molecule has 0 saturated heterocycles. The van der Waals surface area contributed by atoms with Crippen LogP contribution in [0, 0.1) is 0 Å². The van der Waals surface area contributed by atoms with Crippen molar-refractivity contribution < 1.29 is 28.5 Å². The first kappa shape index (κ1) is 21.2. The minimum atomic E-state index is -0.935. The van der Waals surface area contributed by atoms with Crippen LogP contribution in [-0.2, 0) is 9.53 Å². The summed E-state index contributed by atoms with van der Waals surface area (Å²) in [6.07, 6.45) is 0.711. The summed E-state index contributed by atoms with van der Waals surface area (Å²) in [4.78, 5) is 25.3. The summed E-state index contributed by atoms with van der Waals surface area (Å²) in [7, 11) is 1.57. The monoisotopic (exact) mass is 430 g/mol. The van der Waals surface area contributed by atoms with Crippen molar-refractivity contribution in [2.45, 2.75) is 13.0 Å². The van der Waals surface area contributed by atoms with Crippen molar-refractivity contribution in [3.63, 3.8) is 0 Å². The molecule has 1 heterocycles. The largest absolute Gasteiger partial charge is 0.496 e. The molecule has 1 unspecified atom stereocenters. The maximum Gasteiger partial charge on any atom is 0.352 e. The summed E-state index contributed by atoms with van der Waals surface area (Å²) >= 11 is 0. The van der Waals surface area contributed by atoms with Gasteiger partial charge in [0.2, 0.25) is 11.9 Å². The number of ether oxygens (including phenoxy) is 4. The molecular weight excluding hydrogens is 408 g/mol.